The van der Waals surface area contributed by atoms with E-state index in [-0.39, 0.29) is 24.6 Å². The van der Waals surface area contributed by atoms with Crippen LogP contribution in [0.2, 0.25) is 0 Å². The second kappa shape index (κ2) is 7.58. The van der Waals surface area contributed by atoms with Gasteiger partial charge in [0.15, 0.2) is 0 Å². The van der Waals surface area contributed by atoms with Crippen molar-refractivity contribution in [3.8, 4) is 0 Å². The Kier molecular flexibility index (Phi) is 6.41. The zero-order chi connectivity index (χ0) is 15.2. The SMILES string of the molecule is COC(=O)CCS(=O)(=O)NCC1CCCCC1C(=O)O. The molecule has 0 aromatic rings. The Bertz CT molecular complexity index is 447. The molecule has 8 heteroatoms. The summed E-state index contributed by atoms with van der Waals surface area (Å²) in [5, 5.41) is 9.11. The second-order valence-electron chi connectivity index (χ2n) is 4.98. The van der Waals surface area contributed by atoms with Crippen LogP contribution in [0.25, 0.3) is 0 Å². The fourth-order valence-corrected chi connectivity index (χ4v) is 3.45. The van der Waals surface area contributed by atoms with Crippen LogP contribution in [0.15, 0.2) is 0 Å². The van der Waals surface area contributed by atoms with Gasteiger partial charge in [-0.15, -0.1) is 0 Å². The van der Waals surface area contributed by atoms with Gasteiger partial charge < -0.3 is 9.84 Å². The highest BCUT2D eigenvalue weighted by Crippen LogP contribution is 2.29. The van der Waals surface area contributed by atoms with E-state index in [0.29, 0.717) is 12.8 Å². The number of hydrogen-bond acceptors (Lipinski definition) is 5. The van der Waals surface area contributed by atoms with Gasteiger partial charge in [0, 0.05) is 6.54 Å². The lowest BCUT2D eigenvalue weighted by molar-refractivity contribution is -0.144. The lowest BCUT2D eigenvalue weighted by Gasteiger charge is -2.28. The number of carbonyl (C=O) groups is 2. The molecule has 0 heterocycles. The molecule has 2 atom stereocenters. The first-order valence-corrected chi connectivity index (χ1v) is 8.28. The fraction of sp³-hybridized carbons (Fsp3) is 0.833. The van der Waals surface area contributed by atoms with E-state index in [1.807, 2.05) is 0 Å². The largest absolute Gasteiger partial charge is 0.481 e. The molecule has 20 heavy (non-hydrogen) atoms. The quantitative estimate of drug-likeness (QED) is 0.657. The van der Waals surface area contributed by atoms with Crippen molar-refractivity contribution in [2.24, 2.45) is 11.8 Å². The van der Waals surface area contributed by atoms with Gasteiger partial charge in [0.25, 0.3) is 0 Å². The highest BCUT2D eigenvalue weighted by atomic mass is 32.2. The van der Waals surface area contributed by atoms with Crippen molar-refractivity contribution in [2.75, 3.05) is 19.4 Å². The van der Waals surface area contributed by atoms with Gasteiger partial charge in [-0.2, -0.15) is 0 Å². The predicted octanol–water partition coefficient (Wildman–Crippen LogP) is 0.360. The van der Waals surface area contributed by atoms with Crippen LogP contribution in [0.4, 0.5) is 0 Å². The molecule has 7 nitrogen and oxygen atoms in total. The molecule has 0 aromatic heterocycles. The zero-order valence-corrected chi connectivity index (χ0v) is 12.3. The lowest BCUT2D eigenvalue weighted by Crippen LogP contribution is -2.38. The maximum atomic E-state index is 11.7. The topological polar surface area (TPSA) is 110 Å². The number of carbonyl (C=O) groups excluding carboxylic acids is 1. The van der Waals surface area contributed by atoms with Gasteiger partial charge in [-0.3, -0.25) is 9.59 Å². The third-order valence-electron chi connectivity index (χ3n) is 3.59. The third kappa shape index (κ3) is 5.46. The number of ether oxygens (including phenoxy) is 1. The van der Waals surface area contributed by atoms with Gasteiger partial charge in [0.05, 0.1) is 25.2 Å². The highest BCUT2D eigenvalue weighted by Gasteiger charge is 2.31. The van der Waals surface area contributed by atoms with Crippen LogP contribution >= 0.6 is 0 Å². The molecule has 2 N–H and O–H groups in total. The minimum absolute atomic E-state index is 0.112. The summed E-state index contributed by atoms with van der Waals surface area (Å²) < 4.78 is 30.2. The molecule has 0 bridgehead atoms. The standard InChI is InChI=1S/C12H21NO6S/c1-19-11(14)6-7-20(17,18)13-8-9-4-2-3-5-10(9)12(15)16/h9-10,13H,2-8H2,1H3,(H,15,16). The summed E-state index contributed by atoms with van der Waals surface area (Å²) in [4.78, 5) is 22.0. The van der Waals surface area contributed by atoms with Crippen molar-refractivity contribution in [1.29, 1.82) is 0 Å². The van der Waals surface area contributed by atoms with Crippen LogP contribution in [0.1, 0.15) is 32.1 Å². The second-order valence-corrected chi connectivity index (χ2v) is 6.91. The molecule has 2 unspecified atom stereocenters. The molecule has 1 aliphatic carbocycles. The van der Waals surface area contributed by atoms with E-state index >= 15 is 0 Å². The number of carboxylic acid groups (broad SMARTS) is 1. The summed E-state index contributed by atoms with van der Waals surface area (Å²) in [6.07, 6.45) is 2.86. The first-order valence-electron chi connectivity index (χ1n) is 6.62. The Hall–Kier alpha value is -1.15. The molecule has 1 fully saturated rings. The Morgan fingerprint density at radius 1 is 1.30 bits per heavy atom. The number of methoxy groups -OCH3 is 1. The van der Waals surface area contributed by atoms with E-state index in [2.05, 4.69) is 9.46 Å². The number of sulfonamides is 1. The van der Waals surface area contributed by atoms with Crippen molar-refractivity contribution < 1.29 is 27.9 Å². The summed E-state index contributed by atoms with van der Waals surface area (Å²) in [6.45, 7) is 0.112. The Morgan fingerprint density at radius 3 is 2.55 bits per heavy atom. The van der Waals surface area contributed by atoms with Crippen LogP contribution in [0.3, 0.4) is 0 Å². The van der Waals surface area contributed by atoms with E-state index in [1.165, 1.54) is 7.11 Å². The number of rotatable bonds is 7. The number of hydrogen-bond donors (Lipinski definition) is 2. The van der Waals surface area contributed by atoms with Crippen molar-refractivity contribution in [3.05, 3.63) is 0 Å². The van der Waals surface area contributed by atoms with Gasteiger partial charge in [-0.05, 0) is 18.8 Å². The summed E-state index contributed by atoms with van der Waals surface area (Å²) in [6, 6.07) is 0. The molecule has 1 saturated carbocycles. The summed E-state index contributed by atoms with van der Waals surface area (Å²) in [7, 11) is -2.38. The smallest absolute Gasteiger partial charge is 0.306 e. The first kappa shape index (κ1) is 16.9. The molecule has 1 aliphatic rings. The van der Waals surface area contributed by atoms with E-state index in [1.54, 1.807) is 0 Å². The first-order chi connectivity index (χ1) is 9.35. The molecule has 1 rings (SSSR count). The number of aliphatic carboxylic acids is 1. The minimum atomic E-state index is -3.58. The third-order valence-corrected chi connectivity index (χ3v) is 4.94. The molecule has 0 radical (unpaired) electrons. The molecule has 0 spiro atoms. The van der Waals surface area contributed by atoms with E-state index in [4.69, 9.17) is 5.11 Å². The fourth-order valence-electron chi connectivity index (χ4n) is 2.40. The van der Waals surface area contributed by atoms with Gasteiger partial charge in [-0.25, -0.2) is 13.1 Å². The molecule has 0 amide bonds. The average molecular weight is 307 g/mol. The van der Waals surface area contributed by atoms with Crippen LogP contribution in [-0.4, -0.2) is 44.9 Å². The summed E-state index contributed by atoms with van der Waals surface area (Å²) >= 11 is 0. The summed E-state index contributed by atoms with van der Waals surface area (Å²) in [5.74, 6) is -2.48. The minimum Gasteiger partial charge on any atom is -0.481 e. The number of carboxylic acids is 1. The van der Waals surface area contributed by atoms with Gasteiger partial charge >= 0.3 is 11.9 Å². The van der Waals surface area contributed by atoms with Gasteiger partial charge in [-0.1, -0.05) is 12.8 Å². The van der Waals surface area contributed by atoms with Crippen LogP contribution < -0.4 is 4.72 Å². The van der Waals surface area contributed by atoms with Gasteiger partial charge in [0.2, 0.25) is 10.0 Å². The maximum absolute atomic E-state index is 11.7. The van der Waals surface area contributed by atoms with Crippen LogP contribution in [0, 0.1) is 11.8 Å². The molecule has 116 valence electrons. The average Bonchev–Trinajstić information content (AvgIpc) is 2.43. The normalized spacial score (nSPS) is 23.2. The molecular weight excluding hydrogens is 286 g/mol. The molecular formula is C12H21NO6S. The number of esters is 1. The Balaban J connectivity index is 2.47. The molecule has 0 aliphatic heterocycles. The van der Waals surface area contributed by atoms with Crippen molar-refractivity contribution in [3.63, 3.8) is 0 Å². The van der Waals surface area contributed by atoms with Crippen molar-refractivity contribution in [2.45, 2.75) is 32.1 Å². The Morgan fingerprint density at radius 2 is 1.95 bits per heavy atom. The lowest BCUT2D eigenvalue weighted by atomic mass is 9.79. The van der Waals surface area contributed by atoms with Gasteiger partial charge in [0.1, 0.15) is 0 Å². The maximum Gasteiger partial charge on any atom is 0.306 e. The predicted molar refractivity (Wildman–Crippen MR) is 71.5 cm³/mol. The highest BCUT2D eigenvalue weighted by molar-refractivity contribution is 7.89. The van der Waals surface area contributed by atoms with Crippen molar-refractivity contribution in [1.82, 2.24) is 4.72 Å². The zero-order valence-electron chi connectivity index (χ0n) is 11.5. The monoisotopic (exact) mass is 307 g/mol. The van der Waals surface area contributed by atoms with Crippen molar-refractivity contribution >= 4 is 22.0 Å². The van der Waals surface area contributed by atoms with Crippen LogP contribution in [0.5, 0.6) is 0 Å². The van der Waals surface area contributed by atoms with E-state index in [0.717, 1.165) is 12.8 Å². The molecule has 0 aromatic carbocycles. The molecule has 0 saturated heterocycles. The summed E-state index contributed by atoms with van der Waals surface area (Å²) in [5.41, 5.74) is 0. The van der Waals surface area contributed by atoms with E-state index in [9.17, 15) is 18.0 Å². The van der Waals surface area contributed by atoms with Crippen LogP contribution in [-0.2, 0) is 24.3 Å². The Labute approximate surface area is 118 Å². The van der Waals surface area contributed by atoms with E-state index < -0.39 is 27.9 Å². The number of nitrogens with one attached hydrogen (secondary N) is 1.